The molecule has 6 nitrogen and oxygen atoms in total. The lowest BCUT2D eigenvalue weighted by Gasteiger charge is -2.30. The van der Waals surface area contributed by atoms with Gasteiger partial charge in [0.15, 0.2) is 0 Å². The number of rotatable bonds is 6. The summed E-state index contributed by atoms with van der Waals surface area (Å²) in [5.41, 5.74) is 2.49. The molecule has 0 unspecified atom stereocenters. The zero-order valence-electron chi connectivity index (χ0n) is 20.2. The molecule has 2 N–H and O–H groups in total. The Hall–Kier alpha value is -3.42. The van der Waals surface area contributed by atoms with Crippen LogP contribution in [0.2, 0.25) is 5.02 Å². The van der Waals surface area contributed by atoms with Crippen molar-refractivity contribution in [2.45, 2.75) is 44.7 Å². The number of amides is 1. The number of fused-ring (bicyclic) bond motifs is 1. The number of ether oxygens (including phenoxy) is 1. The topological polar surface area (TPSA) is 76.1 Å². The first-order chi connectivity index (χ1) is 17.5. The van der Waals surface area contributed by atoms with Gasteiger partial charge in [0.05, 0.1) is 10.5 Å². The minimum Gasteiger partial charge on any atom is -0.438 e. The minimum atomic E-state index is -0.542. The fourth-order valence-corrected chi connectivity index (χ4v) is 4.75. The largest absolute Gasteiger partial charge is 0.438 e. The maximum Gasteiger partial charge on any atom is 0.257 e. The minimum absolute atomic E-state index is 0. The molecular formula is C28H27Cl2FN4O2. The second-order valence-corrected chi connectivity index (χ2v) is 9.45. The molecule has 0 spiro atoms. The normalized spacial score (nSPS) is 17.1. The summed E-state index contributed by atoms with van der Waals surface area (Å²) in [5.74, 6) is 0.537. The van der Waals surface area contributed by atoms with Gasteiger partial charge < -0.3 is 15.4 Å². The Bertz CT molecular complexity index is 1410. The number of hydrogen-bond acceptors (Lipinski definition) is 5. The zero-order chi connectivity index (χ0) is 25.1. The van der Waals surface area contributed by atoms with Crippen LogP contribution in [0.1, 0.15) is 41.6 Å². The molecule has 192 valence electrons. The number of hydrogen-bond donors (Lipinski definition) is 2. The third kappa shape index (κ3) is 6.29. The number of pyridine rings is 2. The van der Waals surface area contributed by atoms with E-state index in [1.165, 1.54) is 30.0 Å². The Labute approximate surface area is 226 Å². The predicted molar refractivity (Wildman–Crippen MR) is 147 cm³/mol. The van der Waals surface area contributed by atoms with Crippen LogP contribution in [0.5, 0.6) is 11.6 Å². The van der Waals surface area contributed by atoms with Crippen LogP contribution in [-0.4, -0.2) is 28.0 Å². The SMILES string of the molecule is Cc1cc(NC2CCC(NC(=O)c3cccnc3Oc3ccc(F)c(Cl)c3)CC2)nc2ccccc12.Cl. The summed E-state index contributed by atoms with van der Waals surface area (Å²) in [6.07, 6.45) is 5.07. The van der Waals surface area contributed by atoms with E-state index in [2.05, 4.69) is 34.7 Å². The number of carbonyl (C=O) groups excluding carboxylic acids is 1. The van der Waals surface area contributed by atoms with Crippen molar-refractivity contribution in [2.24, 2.45) is 0 Å². The van der Waals surface area contributed by atoms with Crippen LogP contribution in [0, 0.1) is 12.7 Å². The van der Waals surface area contributed by atoms with E-state index in [4.69, 9.17) is 21.3 Å². The smallest absolute Gasteiger partial charge is 0.257 e. The quantitative estimate of drug-likeness (QED) is 0.272. The monoisotopic (exact) mass is 540 g/mol. The van der Waals surface area contributed by atoms with Crippen molar-refractivity contribution in [3.63, 3.8) is 0 Å². The van der Waals surface area contributed by atoms with Crippen molar-refractivity contribution < 1.29 is 13.9 Å². The highest BCUT2D eigenvalue weighted by atomic mass is 35.5. The van der Waals surface area contributed by atoms with Crippen LogP contribution in [0.3, 0.4) is 0 Å². The van der Waals surface area contributed by atoms with E-state index in [9.17, 15) is 9.18 Å². The van der Waals surface area contributed by atoms with E-state index in [0.29, 0.717) is 17.4 Å². The van der Waals surface area contributed by atoms with E-state index >= 15 is 0 Å². The van der Waals surface area contributed by atoms with Gasteiger partial charge in [0, 0.05) is 29.7 Å². The lowest BCUT2D eigenvalue weighted by molar-refractivity contribution is 0.0923. The maximum atomic E-state index is 13.5. The summed E-state index contributed by atoms with van der Waals surface area (Å²) < 4.78 is 19.2. The van der Waals surface area contributed by atoms with Gasteiger partial charge in [-0.05, 0) is 74.6 Å². The Morgan fingerprint density at radius 1 is 1.03 bits per heavy atom. The summed E-state index contributed by atoms with van der Waals surface area (Å²) in [4.78, 5) is 22.0. The Morgan fingerprint density at radius 2 is 1.78 bits per heavy atom. The van der Waals surface area contributed by atoms with Gasteiger partial charge in [-0.2, -0.15) is 0 Å². The van der Waals surface area contributed by atoms with Crippen molar-refractivity contribution in [3.05, 3.63) is 88.8 Å². The number of carbonyl (C=O) groups is 1. The number of nitrogens with zero attached hydrogens (tertiary/aromatic N) is 2. The molecule has 0 saturated heterocycles. The highest BCUT2D eigenvalue weighted by Crippen LogP contribution is 2.28. The van der Waals surface area contributed by atoms with Crippen LogP contribution >= 0.6 is 24.0 Å². The molecule has 0 aliphatic heterocycles. The first-order valence-electron chi connectivity index (χ1n) is 12.0. The Balaban J connectivity index is 0.00000320. The number of benzene rings is 2. The lowest BCUT2D eigenvalue weighted by Crippen LogP contribution is -2.40. The van der Waals surface area contributed by atoms with Crippen LogP contribution in [-0.2, 0) is 0 Å². The summed E-state index contributed by atoms with van der Waals surface area (Å²) in [7, 11) is 0. The van der Waals surface area contributed by atoms with E-state index in [0.717, 1.165) is 42.4 Å². The van der Waals surface area contributed by atoms with E-state index in [1.807, 2.05) is 18.2 Å². The highest BCUT2D eigenvalue weighted by molar-refractivity contribution is 6.30. The number of aromatic nitrogens is 2. The van der Waals surface area contributed by atoms with Gasteiger partial charge in [-0.15, -0.1) is 12.4 Å². The van der Waals surface area contributed by atoms with Crippen molar-refractivity contribution >= 4 is 46.6 Å². The number of anilines is 1. The van der Waals surface area contributed by atoms with Crippen LogP contribution in [0.4, 0.5) is 10.2 Å². The van der Waals surface area contributed by atoms with Crippen LogP contribution in [0.15, 0.2) is 66.9 Å². The van der Waals surface area contributed by atoms with E-state index < -0.39 is 5.82 Å². The van der Waals surface area contributed by atoms with Gasteiger partial charge in [0.25, 0.3) is 5.91 Å². The molecule has 1 aliphatic rings. The third-order valence-electron chi connectivity index (χ3n) is 6.46. The molecule has 2 aromatic carbocycles. The second-order valence-electron chi connectivity index (χ2n) is 9.04. The van der Waals surface area contributed by atoms with Crippen molar-refractivity contribution in [1.82, 2.24) is 15.3 Å². The lowest BCUT2D eigenvalue weighted by atomic mass is 9.91. The molecule has 5 rings (SSSR count). The number of para-hydroxylation sites is 1. The molecule has 0 bridgehead atoms. The van der Waals surface area contributed by atoms with Gasteiger partial charge in [0.2, 0.25) is 5.88 Å². The molecule has 2 aromatic heterocycles. The summed E-state index contributed by atoms with van der Waals surface area (Å²) >= 11 is 5.84. The number of nitrogens with one attached hydrogen (secondary N) is 2. The first kappa shape index (κ1) is 26.6. The van der Waals surface area contributed by atoms with Crippen LogP contribution in [0.25, 0.3) is 10.9 Å². The van der Waals surface area contributed by atoms with Gasteiger partial charge in [-0.25, -0.2) is 14.4 Å². The standard InChI is InChI=1S/C28H26ClFN4O2.ClH/c1-17-15-26(34-25-7-3-2-5-21(17)25)32-18-8-10-19(11-9-18)33-27(35)22-6-4-14-31-28(22)36-20-12-13-24(30)23(29)16-20;/h2-7,12-16,18-19H,8-11H2,1H3,(H,32,34)(H,33,35);1H. The predicted octanol–water partition coefficient (Wildman–Crippen LogP) is 7.10. The molecule has 4 aromatic rings. The molecule has 1 fully saturated rings. The second kappa shape index (κ2) is 11.8. The van der Waals surface area contributed by atoms with E-state index in [1.54, 1.807) is 12.1 Å². The van der Waals surface area contributed by atoms with Gasteiger partial charge in [-0.1, -0.05) is 29.8 Å². The molecule has 0 atom stereocenters. The molecule has 1 saturated carbocycles. The summed E-state index contributed by atoms with van der Waals surface area (Å²) in [6, 6.07) is 17.9. The molecule has 2 heterocycles. The van der Waals surface area contributed by atoms with Crippen molar-refractivity contribution in [2.75, 3.05) is 5.32 Å². The fraction of sp³-hybridized carbons (Fsp3) is 0.250. The summed E-state index contributed by atoms with van der Waals surface area (Å²) in [5, 5.41) is 7.79. The maximum absolute atomic E-state index is 13.5. The number of halogens is 3. The molecule has 1 aliphatic carbocycles. The molecule has 37 heavy (non-hydrogen) atoms. The van der Waals surface area contributed by atoms with Gasteiger partial charge >= 0.3 is 0 Å². The molecule has 9 heteroatoms. The Morgan fingerprint density at radius 3 is 2.57 bits per heavy atom. The van der Waals surface area contributed by atoms with Crippen molar-refractivity contribution in [1.29, 1.82) is 0 Å². The molecule has 1 amide bonds. The number of aryl methyl sites for hydroxylation is 1. The molecular weight excluding hydrogens is 514 g/mol. The van der Waals surface area contributed by atoms with Gasteiger partial charge in [-0.3, -0.25) is 4.79 Å². The zero-order valence-corrected chi connectivity index (χ0v) is 21.8. The van der Waals surface area contributed by atoms with Crippen LogP contribution < -0.4 is 15.4 Å². The first-order valence-corrected chi connectivity index (χ1v) is 12.4. The highest BCUT2D eigenvalue weighted by Gasteiger charge is 2.24. The Kier molecular flexibility index (Phi) is 8.46. The third-order valence-corrected chi connectivity index (χ3v) is 6.75. The molecule has 0 radical (unpaired) electrons. The van der Waals surface area contributed by atoms with Crippen molar-refractivity contribution in [3.8, 4) is 11.6 Å². The summed E-state index contributed by atoms with van der Waals surface area (Å²) in [6.45, 7) is 2.10. The fourth-order valence-electron chi connectivity index (χ4n) is 4.57. The van der Waals surface area contributed by atoms with E-state index in [-0.39, 0.29) is 35.3 Å². The average molecular weight is 541 g/mol. The average Bonchev–Trinajstić information content (AvgIpc) is 2.88. The van der Waals surface area contributed by atoms with Gasteiger partial charge in [0.1, 0.15) is 22.9 Å².